The number of ether oxygens (including phenoxy) is 1. The zero-order valence-electron chi connectivity index (χ0n) is 8.99. The van der Waals surface area contributed by atoms with Crippen molar-refractivity contribution in [2.45, 2.75) is 38.1 Å². The van der Waals surface area contributed by atoms with Gasteiger partial charge in [-0.15, -0.1) is 0 Å². The van der Waals surface area contributed by atoms with Crippen molar-refractivity contribution in [3.8, 4) is 0 Å². The molecular formula is C11H17NO3. The van der Waals surface area contributed by atoms with Gasteiger partial charge in [0.15, 0.2) is 0 Å². The molecule has 0 radical (unpaired) electrons. The quantitative estimate of drug-likeness (QED) is 0.563. The van der Waals surface area contributed by atoms with Crippen molar-refractivity contribution >= 4 is 11.9 Å². The van der Waals surface area contributed by atoms with Gasteiger partial charge in [-0.05, 0) is 12.8 Å². The molecule has 84 valence electrons. The number of amides is 1. The van der Waals surface area contributed by atoms with E-state index in [1.807, 2.05) is 0 Å². The molecule has 0 spiro atoms. The summed E-state index contributed by atoms with van der Waals surface area (Å²) in [6, 6.07) is 0.272. The second-order valence-electron chi connectivity index (χ2n) is 3.70. The Hall–Kier alpha value is -1.32. The molecule has 0 bridgehead atoms. The average molecular weight is 211 g/mol. The van der Waals surface area contributed by atoms with Crippen molar-refractivity contribution in [3.63, 3.8) is 0 Å². The van der Waals surface area contributed by atoms with Gasteiger partial charge in [0.1, 0.15) is 0 Å². The molecule has 0 aliphatic heterocycles. The number of rotatable bonds is 3. The molecule has 0 aromatic rings. The Morgan fingerprint density at radius 1 is 1.20 bits per heavy atom. The smallest absolute Gasteiger partial charge is 0.330 e. The number of carbonyl (C=O) groups is 2. The molecule has 0 heterocycles. The van der Waals surface area contributed by atoms with E-state index in [1.165, 1.54) is 32.4 Å². The Morgan fingerprint density at radius 3 is 2.47 bits per heavy atom. The van der Waals surface area contributed by atoms with Crippen LogP contribution in [0.3, 0.4) is 0 Å². The zero-order chi connectivity index (χ0) is 11.1. The fourth-order valence-corrected chi connectivity index (χ4v) is 1.71. The van der Waals surface area contributed by atoms with Crippen LogP contribution in [-0.4, -0.2) is 25.0 Å². The maximum Gasteiger partial charge on any atom is 0.330 e. The molecule has 0 atom stereocenters. The first kappa shape index (κ1) is 11.8. The minimum atomic E-state index is -0.506. The summed E-state index contributed by atoms with van der Waals surface area (Å²) in [4.78, 5) is 22.0. The van der Waals surface area contributed by atoms with Crippen LogP contribution < -0.4 is 5.32 Å². The molecule has 1 N–H and O–H groups in total. The van der Waals surface area contributed by atoms with Crippen LogP contribution in [0.1, 0.15) is 32.1 Å². The van der Waals surface area contributed by atoms with Gasteiger partial charge >= 0.3 is 5.97 Å². The first-order valence-corrected chi connectivity index (χ1v) is 5.29. The lowest BCUT2D eigenvalue weighted by atomic mass is 9.95. The zero-order valence-corrected chi connectivity index (χ0v) is 8.99. The van der Waals surface area contributed by atoms with Crippen LogP contribution in [0.15, 0.2) is 12.2 Å². The van der Waals surface area contributed by atoms with E-state index in [4.69, 9.17) is 0 Å². The topological polar surface area (TPSA) is 55.4 Å². The summed E-state index contributed by atoms with van der Waals surface area (Å²) in [5.74, 6) is -0.721. The average Bonchev–Trinajstić information content (AvgIpc) is 2.27. The highest BCUT2D eigenvalue weighted by molar-refractivity contribution is 5.94. The van der Waals surface area contributed by atoms with E-state index in [2.05, 4.69) is 10.1 Å². The monoisotopic (exact) mass is 211 g/mol. The minimum absolute atomic E-state index is 0.215. The van der Waals surface area contributed by atoms with Crippen molar-refractivity contribution < 1.29 is 14.3 Å². The molecule has 0 aromatic carbocycles. The summed E-state index contributed by atoms with van der Waals surface area (Å²) in [6.07, 6.45) is 8.04. The Morgan fingerprint density at radius 2 is 1.87 bits per heavy atom. The van der Waals surface area contributed by atoms with Gasteiger partial charge in [0.2, 0.25) is 5.91 Å². The van der Waals surface area contributed by atoms with Gasteiger partial charge in [-0.3, -0.25) is 4.79 Å². The van der Waals surface area contributed by atoms with Crippen molar-refractivity contribution in [1.82, 2.24) is 5.32 Å². The van der Waals surface area contributed by atoms with Crippen LogP contribution >= 0.6 is 0 Å². The Labute approximate surface area is 89.7 Å². The minimum Gasteiger partial charge on any atom is -0.466 e. The van der Waals surface area contributed by atoms with E-state index >= 15 is 0 Å². The normalized spacial score (nSPS) is 17.7. The van der Waals surface area contributed by atoms with Crippen LogP contribution in [0, 0.1) is 0 Å². The van der Waals surface area contributed by atoms with Crippen LogP contribution in [0.25, 0.3) is 0 Å². The first-order chi connectivity index (χ1) is 7.22. The van der Waals surface area contributed by atoms with Crippen molar-refractivity contribution in [2.75, 3.05) is 7.11 Å². The van der Waals surface area contributed by atoms with Crippen LogP contribution in [0.4, 0.5) is 0 Å². The molecule has 0 saturated heterocycles. The van der Waals surface area contributed by atoms with E-state index in [1.54, 1.807) is 0 Å². The molecule has 4 nitrogen and oxygen atoms in total. The molecule has 1 saturated carbocycles. The molecule has 15 heavy (non-hydrogen) atoms. The molecule has 4 heteroatoms. The second kappa shape index (κ2) is 6.22. The Bertz CT molecular complexity index is 255. The predicted molar refractivity (Wildman–Crippen MR) is 56.2 cm³/mol. The van der Waals surface area contributed by atoms with Crippen molar-refractivity contribution in [3.05, 3.63) is 12.2 Å². The van der Waals surface area contributed by atoms with Gasteiger partial charge in [-0.2, -0.15) is 0 Å². The third-order valence-electron chi connectivity index (χ3n) is 2.52. The molecule has 1 aliphatic carbocycles. The first-order valence-electron chi connectivity index (χ1n) is 5.29. The maximum absolute atomic E-state index is 11.3. The van der Waals surface area contributed by atoms with Gasteiger partial charge in [0.05, 0.1) is 7.11 Å². The molecule has 1 amide bonds. The van der Waals surface area contributed by atoms with E-state index in [0.717, 1.165) is 18.9 Å². The Balaban J connectivity index is 2.28. The summed E-state index contributed by atoms with van der Waals surface area (Å²) >= 11 is 0. The number of esters is 1. The summed E-state index contributed by atoms with van der Waals surface area (Å²) in [7, 11) is 1.28. The molecule has 0 aromatic heterocycles. The van der Waals surface area contributed by atoms with Gasteiger partial charge in [0.25, 0.3) is 0 Å². The van der Waals surface area contributed by atoms with Crippen LogP contribution in [0.5, 0.6) is 0 Å². The number of nitrogens with one attached hydrogen (secondary N) is 1. The fraction of sp³-hybridized carbons (Fsp3) is 0.636. The lowest BCUT2D eigenvalue weighted by Crippen LogP contribution is -2.35. The van der Waals surface area contributed by atoms with E-state index < -0.39 is 5.97 Å². The SMILES string of the molecule is COC(=O)/C=C/C(=O)NC1CCCCC1. The van der Waals surface area contributed by atoms with E-state index in [9.17, 15) is 9.59 Å². The van der Waals surface area contributed by atoms with E-state index in [0.29, 0.717) is 0 Å². The third kappa shape index (κ3) is 4.63. The molecule has 1 fully saturated rings. The molecule has 0 unspecified atom stereocenters. The lowest BCUT2D eigenvalue weighted by molar-refractivity contribution is -0.135. The lowest BCUT2D eigenvalue weighted by Gasteiger charge is -2.21. The second-order valence-corrected chi connectivity index (χ2v) is 3.70. The van der Waals surface area contributed by atoms with Crippen LogP contribution in [0.2, 0.25) is 0 Å². The molecule has 1 aliphatic rings. The van der Waals surface area contributed by atoms with Gasteiger partial charge < -0.3 is 10.1 Å². The largest absolute Gasteiger partial charge is 0.466 e. The predicted octanol–water partition coefficient (Wildman–Crippen LogP) is 1.16. The Kier molecular flexibility index (Phi) is 4.87. The number of hydrogen-bond donors (Lipinski definition) is 1. The number of hydrogen-bond acceptors (Lipinski definition) is 3. The molecule has 1 rings (SSSR count). The standard InChI is InChI=1S/C11H17NO3/c1-15-11(14)8-7-10(13)12-9-5-3-2-4-6-9/h7-9H,2-6H2,1H3,(H,12,13)/b8-7+. The third-order valence-corrected chi connectivity index (χ3v) is 2.52. The fourth-order valence-electron chi connectivity index (χ4n) is 1.71. The summed E-state index contributed by atoms with van der Waals surface area (Å²) in [5, 5.41) is 2.86. The van der Waals surface area contributed by atoms with Gasteiger partial charge in [-0.1, -0.05) is 19.3 Å². The summed E-state index contributed by atoms with van der Waals surface area (Å²) in [5.41, 5.74) is 0. The van der Waals surface area contributed by atoms with Gasteiger partial charge in [-0.25, -0.2) is 4.79 Å². The highest BCUT2D eigenvalue weighted by Crippen LogP contribution is 2.17. The number of carbonyl (C=O) groups excluding carboxylic acids is 2. The highest BCUT2D eigenvalue weighted by atomic mass is 16.5. The number of methoxy groups -OCH3 is 1. The van der Waals surface area contributed by atoms with Gasteiger partial charge in [0, 0.05) is 18.2 Å². The van der Waals surface area contributed by atoms with Crippen LogP contribution in [-0.2, 0) is 14.3 Å². The van der Waals surface area contributed by atoms with E-state index in [-0.39, 0.29) is 11.9 Å². The summed E-state index contributed by atoms with van der Waals surface area (Å²) in [6.45, 7) is 0. The summed E-state index contributed by atoms with van der Waals surface area (Å²) < 4.78 is 4.38. The molecular weight excluding hydrogens is 194 g/mol. The highest BCUT2D eigenvalue weighted by Gasteiger charge is 2.14. The van der Waals surface area contributed by atoms with Crippen molar-refractivity contribution in [2.24, 2.45) is 0 Å². The maximum atomic E-state index is 11.3. The van der Waals surface area contributed by atoms with Crippen molar-refractivity contribution in [1.29, 1.82) is 0 Å².